The van der Waals surface area contributed by atoms with Gasteiger partial charge < -0.3 is 5.32 Å². The molecule has 1 N–H and O–H groups in total. The fourth-order valence-electron chi connectivity index (χ4n) is 1.11. The molecule has 2 nitrogen and oxygen atoms in total. The second kappa shape index (κ2) is 2.70. The summed E-state index contributed by atoms with van der Waals surface area (Å²) < 4.78 is 0. The molecule has 0 bridgehead atoms. The molecule has 1 saturated carbocycles. The molecule has 2 rings (SSSR count). The number of thioether (sulfide) groups is 1. The van der Waals surface area contributed by atoms with Crippen LogP contribution >= 0.6 is 11.8 Å². The van der Waals surface area contributed by atoms with Crippen molar-refractivity contribution in [1.29, 1.82) is 0 Å². The largest absolute Gasteiger partial charge is 0.360 e. The van der Waals surface area contributed by atoms with E-state index in [4.69, 9.17) is 0 Å². The Kier molecular flexibility index (Phi) is 1.83. The maximum absolute atomic E-state index is 4.42. The molecular weight excluding hydrogens is 156 g/mol. The Balaban J connectivity index is 1.89. The van der Waals surface area contributed by atoms with Gasteiger partial charge in [0.25, 0.3) is 0 Å². The van der Waals surface area contributed by atoms with E-state index in [2.05, 4.69) is 17.2 Å². The van der Waals surface area contributed by atoms with E-state index in [1.165, 1.54) is 30.2 Å². The van der Waals surface area contributed by atoms with Gasteiger partial charge >= 0.3 is 0 Å². The van der Waals surface area contributed by atoms with Crippen molar-refractivity contribution in [2.75, 3.05) is 12.3 Å². The molecule has 0 radical (unpaired) electrons. The van der Waals surface area contributed by atoms with E-state index in [1.54, 1.807) is 0 Å². The van der Waals surface area contributed by atoms with Crippen LogP contribution in [0.15, 0.2) is 4.99 Å². The lowest BCUT2D eigenvalue weighted by Crippen LogP contribution is -2.33. The van der Waals surface area contributed by atoms with Crippen molar-refractivity contribution >= 4 is 16.9 Å². The first-order chi connectivity index (χ1) is 5.29. The van der Waals surface area contributed by atoms with Gasteiger partial charge in [0.15, 0.2) is 5.17 Å². The molecule has 3 heteroatoms. The molecule has 0 unspecified atom stereocenters. The Morgan fingerprint density at radius 2 is 2.36 bits per heavy atom. The third-order valence-electron chi connectivity index (χ3n) is 2.21. The van der Waals surface area contributed by atoms with Crippen molar-refractivity contribution in [2.45, 2.75) is 31.7 Å². The van der Waals surface area contributed by atoms with Crippen molar-refractivity contribution < 1.29 is 0 Å². The van der Waals surface area contributed by atoms with Gasteiger partial charge in [-0.1, -0.05) is 11.8 Å². The summed E-state index contributed by atoms with van der Waals surface area (Å²) in [7, 11) is 0. The lowest BCUT2D eigenvalue weighted by molar-refractivity contribution is 0.669. The van der Waals surface area contributed by atoms with Crippen LogP contribution in [0.1, 0.15) is 26.2 Å². The van der Waals surface area contributed by atoms with E-state index < -0.39 is 0 Å². The van der Waals surface area contributed by atoms with Gasteiger partial charge in [0.1, 0.15) is 0 Å². The highest BCUT2D eigenvalue weighted by molar-refractivity contribution is 8.13. The van der Waals surface area contributed by atoms with E-state index >= 15 is 0 Å². The highest BCUT2D eigenvalue weighted by Crippen LogP contribution is 2.35. The fraction of sp³-hybridized carbons (Fsp3) is 0.875. The highest BCUT2D eigenvalue weighted by atomic mass is 32.2. The zero-order valence-electron chi connectivity index (χ0n) is 6.89. The molecule has 0 saturated heterocycles. The van der Waals surface area contributed by atoms with Crippen LogP contribution in [-0.4, -0.2) is 23.0 Å². The summed E-state index contributed by atoms with van der Waals surface area (Å²) in [5.41, 5.74) is 0.406. The summed E-state index contributed by atoms with van der Waals surface area (Å²) in [6, 6.07) is 0. The quantitative estimate of drug-likeness (QED) is 0.646. The van der Waals surface area contributed by atoms with E-state index in [0.717, 1.165) is 6.54 Å². The summed E-state index contributed by atoms with van der Waals surface area (Å²) in [6.45, 7) is 3.29. The predicted octanol–water partition coefficient (Wildman–Crippen LogP) is 1.62. The second-order valence-electron chi connectivity index (χ2n) is 3.57. The van der Waals surface area contributed by atoms with Gasteiger partial charge in [-0.2, -0.15) is 0 Å². The minimum Gasteiger partial charge on any atom is -0.360 e. The number of nitrogens with zero attached hydrogens (tertiary/aromatic N) is 1. The predicted molar refractivity (Wildman–Crippen MR) is 50.2 cm³/mol. The van der Waals surface area contributed by atoms with Crippen LogP contribution in [0.5, 0.6) is 0 Å². The molecule has 0 atom stereocenters. The average molecular weight is 170 g/mol. The zero-order chi connectivity index (χ0) is 7.73. The number of amidine groups is 1. The Morgan fingerprint density at radius 3 is 2.91 bits per heavy atom. The fourth-order valence-corrected chi connectivity index (χ4v) is 2.07. The zero-order valence-corrected chi connectivity index (χ0v) is 7.71. The monoisotopic (exact) mass is 170 g/mol. The second-order valence-corrected chi connectivity index (χ2v) is 4.66. The van der Waals surface area contributed by atoms with Gasteiger partial charge in [0, 0.05) is 17.8 Å². The first-order valence-corrected chi connectivity index (χ1v) is 5.23. The molecule has 0 aromatic carbocycles. The standard InChI is InChI=1S/C8H14N2S/c1-8(3-4-8)10-7-9-5-2-6-11-7/h2-6H2,1H3,(H,9,10). The van der Waals surface area contributed by atoms with Crippen molar-refractivity contribution in [2.24, 2.45) is 4.99 Å². The maximum atomic E-state index is 4.42. The summed E-state index contributed by atoms with van der Waals surface area (Å²) in [5, 5.41) is 4.66. The lowest BCUT2D eigenvalue weighted by atomic mass is 10.3. The molecule has 1 heterocycles. The number of hydrogen-bond donors (Lipinski definition) is 1. The normalized spacial score (nSPS) is 27.5. The lowest BCUT2D eigenvalue weighted by Gasteiger charge is -2.17. The third kappa shape index (κ3) is 1.89. The van der Waals surface area contributed by atoms with E-state index in [9.17, 15) is 0 Å². The summed E-state index contributed by atoms with van der Waals surface area (Å²) in [6.07, 6.45) is 3.87. The number of rotatable bonds is 1. The van der Waals surface area contributed by atoms with Gasteiger partial charge in [-0.3, -0.25) is 4.99 Å². The van der Waals surface area contributed by atoms with Gasteiger partial charge in [0.2, 0.25) is 0 Å². The van der Waals surface area contributed by atoms with Crippen LogP contribution in [-0.2, 0) is 0 Å². The topological polar surface area (TPSA) is 24.4 Å². The van der Waals surface area contributed by atoms with E-state index in [0.29, 0.717) is 5.54 Å². The van der Waals surface area contributed by atoms with Gasteiger partial charge in [-0.05, 0) is 26.2 Å². The van der Waals surface area contributed by atoms with Crippen molar-refractivity contribution in [3.05, 3.63) is 0 Å². The van der Waals surface area contributed by atoms with Crippen LogP contribution in [0.3, 0.4) is 0 Å². The molecule has 0 aromatic rings. The molecule has 0 amide bonds. The van der Waals surface area contributed by atoms with Gasteiger partial charge in [-0.25, -0.2) is 0 Å². The van der Waals surface area contributed by atoms with Crippen molar-refractivity contribution in [1.82, 2.24) is 5.32 Å². The molecule has 1 aliphatic carbocycles. The Bertz CT molecular complexity index is 185. The molecular formula is C8H14N2S. The smallest absolute Gasteiger partial charge is 0.156 e. The maximum Gasteiger partial charge on any atom is 0.156 e. The van der Waals surface area contributed by atoms with Crippen LogP contribution < -0.4 is 5.32 Å². The molecule has 1 aliphatic heterocycles. The summed E-state index contributed by atoms with van der Waals surface area (Å²) in [5.74, 6) is 1.24. The van der Waals surface area contributed by atoms with Crippen LogP contribution in [0.4, 0.5) is 0 Å². The molecule has 62 valence electrons. The highest BCUT2D eigenvalue weighted by Gasteiger charge is 2.38. The Morgan fingerprint density at radius 1 is 1.55 bits per heavy atom. The van der Waals surface area contributed by atoms with Gasteiger partial charge in [0.05, 0.1) is 0 Å². The van der Waals surface area contributed by atoms with Crippen molar-refractivity contribution in [3.8, 4) is 0 Å². The number of nitrogens with one attached hydrogen (secondary N) is 1. The molecule has 1 fully saturated rings. The molecule has 0 spiro atoms. The van der Waals surface area contributed by atoms with Crippen LogP contribution in [0, 0.1) is 0 Å². The Hall–Kier alpha value is -0.180. The van der Waals surface area contributed by atoms with Gasteiger partial charge in [-0.15, -0.1) is 0 Å². The number of aliphatic imine (C=N–C) groups is 1. The summed E-state index contributed by atoms with van der Waals surface area (Å²) in [4.78, 5) is 4.42. The molecule has 2 aliphatic rings. The summed E-state index contributed by atoms with van der Waals surface area (Å²) >= 11 is 1.87. The molecule has 11 heavy (non-hydrogen) atoms. The minimum absolute atomic E-state index is 0.406. The van der Waals surface area contributed by atoms with Crippen LogP contribution in [0.2, 0.25) is 0 Å². The van der Waals surface area contributed by atoms with Crippen molar-refractivity contribution in [3.63, 3.8) is 0 Å². The number of hydrogen-bond acceptors (Lipinski definition) is 3. The van der Waals surface area contributed by atoms with E-state index in [1.807, 2.05) is 11.8 Å². The minimum atomic E-state index is 0.406. The van der Waals surface area contributed by atoms with E-state index in [-0.39, 0.29) is 0 Å². The Labute approximate surface area is 71.9 Å². The first-order valence-electron chi connectivity index (χ1n) is 4.24. The first kappa shape index (κ1) is 7.47. The third-order valence-corrected chi connectivity index (χ3v) is 3.20. The van der Waals surface area contributed by atoms with Crippen LogP contribution in [0.25, 0.3) is 0 Å². The SMILES string of the molecule is CC1(NC2=NCCCS2)CC1. The average Bonchev–Trinajstić information content (AvgIpc) is 2.70. The molecule has 0 aromatic heterocycles.